The minimum Gasteiger partial charge on any atom is -0.333 e. The molecule has 0 atom stereocenters. The Bertz CT molecular complexity index is 825. The maximum atomic E-state index is 12.2. The molecule has 0 spiro atoms. The normalized spacial score (nSPS) is 10.6. The van der Waals surface area contributed by atoms with Crippen LogP contribution in [0, 0.1) is 6.92 Å². The zero-order valence-corrected chi connectivity index (χ0v) is 15.3. The van der Waals surface area contributed by atoms with Crippen LogP contribution in [0.25, 0.3) is 9.88 Å². The van der Waals surface area contributed by atoms with Gasteiger partial charge in [-0.2, -0.15) is 0 Å². The van der Waals surface area contributed by atoms with Gasteiger partial charge in [0.2, 0.25) is 0 Å². The molecule has 0 aliphatic heterocycles. The first-order chi connectivity index (χ1) is 11.7. The number of carbonyl (C=O) groups excluding carboxylic acids is 1. The van der Waals surface area contributed by atoms with E-state index in [0.717, 1.165) is 38.1 Å². The Morgan fingerprint density at radius 1 is 1.21 bits per heavy atom. The topological polar surface area (TPSA) is 54.0 Å². The predicted octanol–water partition coefficient (Wildman–Crippen LogP) is 5.06. The molecule has 2 heterocycles. The fourth-order valence-electron chi connectivity index (χ4n) is 2.38. The van der Waals surface area contributed by atoms with Gasteiger partial charge in [0.15, 0.2) is 0 Å². The number of aryl methyl sites for hydroxylation is 2. The number of para-hydroxylation sites is 1. The van der Waals surface area contributed by atoms with Crippen molar-refractivity contribution in [3.63, 3.8) is 0 Å². The van der Waals surface area contributed by atoms with Gasteiger partial charge in [0.25, 0.3) is 0 Å². The van der Waals surface area contributed by atoms with Crippen molar-refractivity contribution in [2.24, 2.45) is 0 Å². The monoisotopic (exact) mass is 357 g/mol. The van der Waals surface area contributed by atoms with Crippen LogP contribution in [0.1, 0.15) is 23.1 Å². The zero-order valence-electron chi connectivity index (χ0n) is 13.6. The van der Waals surface area contributed by atoms with Crippen LogP contribution in [-0.2, 0) is 13.0 Å². The lowest BCUT2D eigenvalue weighted by molar-refractivity contribution is 0.252. The lowest BCUT2D eigenvalue weighted by atomic mass is 10.1. The maximum Gasteiger partial charge on any atom is 0.319 e. The van der Waals surface area contributed by atoms with Crippen molar-refractivity contribution >= 4 is 34.4 Å². The second kappa shape index (κ2) is 7.59. The van der Waals surface area contributed by atoms with Crippen LogP contribution in [0.3, 0.4) is 0 Å². The van der Waals surface area contributed by atoms with Crippen molar-refractivity contribution in [2.45, 2.75) is 26.8 Å². The second-order valence-electron chi connectivity index (χ2n) is 5.32. The molecule has 0 unspecified atom stereocenters. The Kier molecular flexibility index (Phi) is 5.27. The van der Waals surface area contributed by atoms with E-state index in [-0.39, 0.29) is 6.03 Å². The summed E-state index contributed by atoms with van der Waals surface area (Å²) in [7, 11) is 0. The zero-order chi connectivity index (χ0) is 16.9. The molecule has 0 aliphatic rings. The van der Waals surface area contributed by atoms with Crippen molar-refractivity contribution in [3.8, 4) is 9.88 Å². The van der Waals surface area contributed by atoms with Crippen LogP contribution in [0.5, 0.6) is 0 Å². The molecule has 3 aromatic rings. The Balaban J connectivity index is 1.62. The van der Waals surface area contributed by atoms with Crippen LogP contribution in [0.4, 0.5) is 10.5 Å². The molecule has 2 amide bonds. The first-order valence-electron chi connectivity index (χ1n) is 7.80. The quantitative estimate of drug-likeness (QED) is 0.670. The third kappa shape index (κ3) is 3.83. The van der Waals surface area contributed by atoms with Gasteiger partial charge in [-0.05, 0) is 36.4 Å². The number of thiazole rings is 1. The van der Waals surface area contributed by atoms with Crippen LogP contribution in [0.2, 0.25) is 0 Å². The summed E-state index contributed by atoms with van der Waals surface area (Å²) >= 11 is 3.31. The summed E-state index contributed by atoms with van der Waals surface area (Å²) in [6.45, 7) is 4.54. The highest BCUT2D eigenvalue weighted by Gasteiger charge is 2.11. The lowest BCUT2D eigenvalue weighted by Gasteiger charge is -2.10. The van der Waals surface area contributed by atoms with Gasteiger partial charge >= 0.3 is 6.03 Å². The van der Waals surface area contributed by atoms with Crippen LogP contribution in [0.15, 0.2) is 41.8 Å². The molecule has 24 heavy (non-hydrogen) atoms. The fourth-order valence-corrected chi connectivity index (χ4v) is 4.17. The smallest absolute Gasteiger partial charge is 0.319 e. The standard InChI is InChI=1S/C18H19N3OS2/c1-3-13-7-4-5-8-14(13)21-18(22)19-11-16-12(2)20-17(24-16)15-9-6-10-23-15/h4-10H,3,11H2,1-2H3,(H2,19,21,22). The fraction of sp³-hybridized carbons (Fsp3) is 0.222. The summed E-state index contributed by atoms with van der Waals surface area (Å²) in [5.41, 5.74) is 2.96. The van der Waals surface area contributed by atoms with Crippen molar-refractivity contribution in [3.05, 3.63) is 57.9 Å². The molecule has 0 fully saturated rings. The number of nitrogens with one attached hydrogen (secondary N) is 2. The number of thiophene rings is 1. The second-order valence-corrected chi connectivity index (χ2v) is 7.35. The summed E-state index contributed by atoms with van der Waals surface area (Å²) in [5, 5.41) is 8.90. The minimum absolute atomic E-state index is 0.193. The van der Waals surface area contributed by atoms with Crippen LogP contribution >= 0.6 is 22.7 Å². The number of aromatic nitrogens is 1. The van der Waals surface area contributed by atoms with E-state index in [1.54, 1.807) is 22.7 Å². The summed E-state index contributed by atoms with van der Waals surface area (Å²) in [6, 6.07) is 11.7. The molecule has 0 bridgehead atoms. The lowest BCUT2D eigenvalue weighted by Crippen LogP contribution is -2.28. The maximum absolute atomic E-state index is 12.2. The van der Waals surface area contributed by atoms with E-state index >= 15 is 0 Å². The first-order valence-corrected chi connectivity index (χ1v) is 9.50. The van der Waals surface area contributed by atoms with Gasteiger partial charge in [0.05, 0.1) is 17.1 Å². The number of benzene rings is 1. The van der Waals surface area contributed by atoms with E-state index < -0.39 is 0 Å². The van der Waals surface area contributed by atoms with Gasteiger partial charge in [-0.3, -0.25) is 0 Å². The molecule has 2 N–H and O–H groups in total. The number of carbonyl (C=O) groups is 1. The Morgan fingerprint density at radius 2 is 2.04 bits per heavy atom. The van der Waals surface area contributed by atoms with Gasteiger partial charge in [-0.1, -0.05) is 31.2 Å². The van der Waals surface area contributed by atoms with E-state index in [1.165, 1.54) is 0 Å². The van der Waals surface area contributed by atoms with Gasteiger partial charge in [0.1, 0.15) is 5.01 Å². The van der Waals surface area contributed by atoms with Gasteiger partial charge in [-0.15, -0.1) is 22.7 Å². The van der Waals surface area contributed by atoms with Gasteiger partial charge in [0, 0.05) is 10.6 Å². The minimum atomic E-state index is -0.193. The number of amides is 2. The van der Waals surface area contributed by atoms with Crippen LogP contribution < -0.4 is 10.6 Å². The number of anilines is 1. The van der Waals surface area contributed by atoms with E-state index in [0.29, 0.717) is 6.54 Å². The number of hydrogen-bond donors (Lipinski definition) is 2. The Morgan fingerprint density at radius 3 is 2.79 bits per heavy atom. The third-order valence-corrected chi connectivity index (χ3v) is 5.88. The van der Waals surface area contributed by atoms with E-state index in [2.05, 4.69) is 28.6 Å². The highest BCUT2D eigenvalue weighted by atomic mass is 32.1. The molecule has 4 nitrogen and oxygen atoms in total. The largest absolute Gasteiger partial charge is 0.333 e. The summed E-state index contributed by atoms with van der Waals surface area (Å²) in [4.78, 5) is 19.0. The van der Waals surface area contributed by atoms with Gasteiger partial charge < -0.3 is 10.6 Å². The van der Waals surface area contributed by atoms with Gasteiger partial charge in [-0.25, -0.2) is 9.78 Å². The van der Waals surface area contributed by atoms with Crippen molar-refractivity contribution in [2.75, 3.05) is 5.32 Å². The number of hydrogen-bond acceptors (Lipinski definition) is 4. The Labute approximate surface area is 149 Å². The number of nitrogens with zero attached hydrogens (tertiary/aromatic N) is 1. The molecule has 3 rings (SSSR count). The van der Waals surface area contributed by atoms with Crippen LogP contribution in [-0.4, -0.2) is 11.0 Å². The SMILES string of the molecule is CCc1ccccc1NC(=O)NCc1sc(-c2cccs2)nc1C. The number of urea groups is 1. The molecule has 2 aromatic heterocycles. The number of rotatable bonds is 5. The highest BCUT2D eigenvalue weighted by Crippen LogP contribution is 2.30. The summed E-state index contributed by atoms with van der Waals surface area (Å²) in [6.07, 6.45) is 0.884. The molecule has 0 radical (unpaired) electrons. The van der Waals surface area contributed by atoms with Crippen molar-refractivity contribution in [1.82, 2.24) is 10.3 Å². The summed E-state index contributed by atoms with van der Waals surface area (Å²) in [5.74, 6) is 0. The van der Waals surface area contributed by atoms with Crippen molar-refractivity contribution < 1.29 is 4.79 Å². The molecule has 124 valence electrons. The first kappa shape index (κ1) is 16.7. The molecule has 6 heteroatoms. The molecular weight excluding hydrogens is 338 g/mol. The average molecular weight is 358 g/mol. The molecule has 1 aromatic carbocycles. The highest BCUT2D eigenvalue weighted by molar-refractivity contribution is 7.21. The Hall–Kier alpha value is -2.18. The predicted molar refractivity (Wildman–Crippen MR) is 102 cm³/mol. The van der Waals surface area contributed by atoms with Crippen molar-refractivity contribution in [1.29, 1.82) is 0 Å². The van der Waals surface area contributed by atoms with E-state index in [1.807, 2.05) is 42.6 Å². The van der Waals surface area contributed by atoms with E-state index in [4.69, 9.17) is 0 Å². The molecule has 0 aliphatic carbocycles. The summed E-state index contributed by atoms with van der Waals surface area (Å²) < 4.78 is 0. The molecule has 0 saturated heterocycles. The molecule has 0 saturated carbocycles. The third-order valence-electron chi connectivity index (χ3n) is 3.68. The molecular formula is C18H19N3OS2. The van der Waals surface area contributed by atoms with E-state index in [9.17, 15) is 4.79 Å². The average Bonchev–Trinajstić information content (AvgIpc) is 3.23.